The first-order chi connectivity index (χ1) is 19.4. The summed E-state index contributed by atoms with van der Waals surface area (Å²) in [5.41, 5.74) is 6.35. The minimum absolute atomic E-state index is 0.0296. The third-order valence-corrected chi connectivity index (χ3v) is 6.71. The molecule has 0 saturated heterocycles. The zero-order valence-electron chi connectivity index (χ0n) is 23.3. The van der Waals surface area contributed by atoms with Crippen LogP contribution in [-0.2, 0) is 29.1 Å². The van der Waals surface area contributed by atoms with Gasteiger partial charge in [0.05, 0.1) is 17.9 Å². The van der Waals surface area contributed by atoms with E-state index in [9.17, 15) is 4.79 Å². The Kier molecular flexibility index (Phi) is 8.33. The van der Waals surface area contributed by atoms with Crippen LogP contribution < -0.4 is 14.8 Å². The summed E-state index contributed by atoms with van der Waals surface area (Å²) in [6, 6.07) is 21.9. The Bertz CT molecular complexity index is 1460. The van der Waals surface area contributed by atoms with Crippen LogP contribution in [0.15, 0.2) is 66.7 Å². The second-order valence-electron chi connectivity index (χ2n) is 9.81. The molecule has 0 aliphatic carbocycles. The number of methoxy groups -OCH3 is 2. The Labute approximate surface area is 234 Å². The quantitative estimate of drug-likeness (QED) is 0.254. The highest BCUT2D eigenvalue weighted by molar-refractivity contribution is 6.03. The molecular weight excluding hydrogens is 508 g/mol. The fourth-order valence-electron chi connectivity index (χ4n) is 4.76. The van der Waals surface area contributed by atoms with Gasteiger partial charge in [-0.3, -0.25) is 4.79 Å². The van der Waals surface area contributed by atoms with Crippen LogP contribution in [0.2, 0.25) is 0 Å². The maximum atomic E-state index is 14.1. The van der Waals surface area contributed by atoms with Crippen molar-refractivity contribution in [2.45, 2.75) is 33.5 Å². The van der Waals surface area contributed by atoms with E-state index in [1.54, 1.807) is 19.2 Å². The molecule has 40 heavy (non-hydrogen) atoms. The highest BCUT2D eigenvalue weighted by Crippen LogP contribution is 2.37. The molecule has 5 rings (SSSR count). The molecule has 0 fully saturated rings. The van der Waals surface area contributed by atoms with Crippen LogP contribution in [0.3, 0.4) is 0 Å². The molecule has 0 saturated carbocycles. The predicted octanol–water partition coefficient (Wildman–Crippen LogP) is 5.41. The average molecular weight is 543 g/mol. The molecule has 1 aromatic heterocycles. The Morgan fingerprint density at radius 1 is 0.900 bits per heavy atom. The number of hydrogen-bond acceptors (Lipinski definition) is 7. The average Bonchev–Trinajstić information content (AvgIpc) is 3.54. The Balaban J connectivity index is 1.54. The van der Waals surface area contributed by atoms with E-state index in [0.717, 1.165) is 28.2 Å². The zero-order valence-corrected chi connectivity index (χ0v) is 23.3. The molecule has 1 aliphatic rings. The summed E-state index contributed by atoms with van der Waals surface area (Å²) in [4.78, 5) is 15.9. The molecular formula is C31H34N4O5. The Hall–Kier alpha value is -4.34. The second-order valence-corrected chi connectivity index (χ2v) is 9.81. The minimum Gasteiger partial charge on any atom is -0.467 e. The van der Waals surface area contributed by atoms with Gasteiger partial charge in [0, 0.05) is 45.5 Å². The number of nitrogens with zero attached hydrogens (tertiary/aromatic N) is 3. The van der Waals surface area contributed by atoms with Gasteiger partial charge in [0.2, 0.25) is 0 Å². The van der Waals surface area contributed by atoms with Crippen LogP contribution in [0.5, 0.6) is 11.5 Å². The van der Waals surface area contributed by atoms with Crippen molar-refractivity contribution in [3.05, 3.63) is 100 Å². The van der Waals surface area contributed by atoms with Crippen LogP contribution in [0.1, 0.15) is 38.3 Å². The summed E-state index contributed by atoms with van der Waals surface area (Å²) in [6.07, 6.45) is 0. The third-order valence-electron chi connectivity index (χ3n) is 6.71. The number of aryl methyl sites for hydroxylation is 2. The summed E-state index contributed by atoms with van der Waals surface area (Å²) in [5, 5.41) is 8.17. The standard InChI is InChI=1S/C31H34N4O5/c1-21-9-11-23(12-10-21)16-35-29(13-22(2)33-35)32-27-14-26(39-19-37-3)15-28(40-20-38-4)30(27)31(36)34-17-24-7-5-6-8-25(24)18-34/h5-15,32H,16-20H2,1-4H3. The lowest BCUT2D eigenvalue weighted by Crippen LogP contribution is -2.27. The van der Waals surface area contributed by atoms with Crippen LogP contribution in [0.25, 0.3) is 0 Å². The van der Waals surface area contributed by atoms with Crippen molar-refractivity contribution in [2.24, 2.45) is 0 Å². The fourth-order valence-corrected chi connectivity index (χ4v) is 4.76. The number of anilines is 2. The van der Waals surface area contributed by atoms with E-state index in [1.165, 1.54) is 12.7 Å². The normalized spacial score (nSPS) is 12.3. The number of rotatable bonds is 11. The van der Waals surface area contributed by atoms with Crippen LogP contribution in [0, 0.1) is 13.8 Å². The van der Waals surface area contributed by atoms with Crippen molar-refractivity contribution in [1.82, 2.24) is 14.7 Å². The molecule has 0 atom stereocenters. The number of carbonyl (C=O) groups excluding carboxylic acids is 1. The van der Waals surface area contributed by atoms with Crippen molar-refractivity contribution < 1.29 is 23.7 Å². The predicted molar refractivity (Wildman–Crippen MR) is 152 cm³/mol. The van der Waals surface area contributed by atoms with Gasteiger partial charge in [-0.2, -0.15) is 5.10 Å². The van der Waals surface area contributed by atoms with Gasteiger partial charge >= 0.3 is 0 Å². The van der Waals surface area contributed by atoms with Crippen molar-refractivity contribution in [2.75, 3.05) is 33.1 Å². The van der Waals surface area contributed by atoms with Gasteiger partial charge in [-0.05, 0) is 30.5 Å². The van der Waals surface area contributed by atoms with Gasteiger partial charge < -0.3 is 29.2 Å². The third kappa shape index (κ3) is 6.11. The Morgan fingerprint density at radius 2 is 1.57 bits per heavy atom. The van der Waals surface area contributed by atoms with Crippen molar-refractivity contribution >= 4 is 17.4 Å². The molecule has 1 aliphatic heterocycles. The fraction of sp³-hybridized carbons (Fsp3) is 0.290. The molecule has 3 aromatic carbocycles. The second kappa shape index (κ2) is 12.2. The Morgan fingerprint density at radius 3 is 2.25 bits per heavy atom. The summed E-state index contributed by atoms with van der Waals surface area (Å²) in [6.45, 7) is 5.62. The first-order valence-corrected chi connectivity index (χ1v) is 13.1. The SMILES string of the molecule is COCOc1cc(Nc2cc(C)nn2Cc2ccc(C)cc2)c(C(=O)N2Cc3ccccc3C2)c(OCOC)c1. The molecule has 2 heterocycles. The number of amides is 1. The van der Waals surface area contributed by atoms with Gasteiger partial charge in [-0.15, -0.1) is 0 Å². The lowest BCUT2D eigenvalue weighted by Gasteiger charge is -2.22. The molecule has 9 nitrogen and oxygen atoms in total. The minimum atomic E-state index is -0.163. The number of hydrogen-bond donors (Lipinski definition) is 1. The van der Waals surface area contributed by atoms with E-state index in [4.69, 9.17) is 24.0 Å². The first-order valence-electron chi connectivity index (χ1n) is 13.1. The molecule has 208 valence electrons. The molecule has 1 amide bonds. The number of fused-ring (bicyclic) bond motifs is 1. The summed E-state index contributed by atoms with van der Waals surface area (Å²) in [5.74, 6) is 1.40. The largest absolute Gasteiger partial charge is 0.467 e. The van der Waals surface area contributed by atoms with E-state index in [1.807, 2.05) is 34.7 Å². The zero-order chi connectivity index (χ0) is 28.1. The number of nitrogens with one attached hydrogen (secondary N) is 1. The van der Waals surface area contributed by atoms with Crippen molar-refractivity contribution in [3.8, 4) is 11.5 Å². The molecule has 9 heteroatoms. The summed E-state index contributed by atoms with van der Waals surface area (Å²) < 4.78 is 23.9. The molecule has 0 spiro atoms. The van der Waals surface area contributed by atoms with Crippen molar-refractivity contribution in [1.29, 1.82) is 0 Å². The van der Waals surface area contributed by atoms with E-state index < -0.39 is 0 Å². The van der Waals surface area contributed by atoms with Crippen LogP contribution in [-0.4, -0.2) is 48.4 Å². The number of ether oxygens (including phenoxy) is 4. The smallest absolute Gasteiger partial charge is 0.260 e. The lowest BCUT2D eigenvalue weighted by atomic mass is 10.1. The lowest BCUT2D eigenvalue weighted by molar-refractivity contribution is 0.0450. The van der Waals surface area contributed by atoms with Crippen LogP contribution >= 0.6 is 0 Å². The van der Waals surface area contributed by atoms with Crippen LogP contribution in [0.4, 0.5) is 11.5 Å². The summed E-state index contributed by atoms with van der Waals surface area (Å²) >= 11 is 0. The van der Waals surface area contributed by atoms with E-state index in [-0.39, 0.29) is 19.5 Å². The molecule has 0 radical (unpaired) electrons. The molecule has 1 N–H and O–H groups in total. The maximum absolute atomic E-state index is 14.1. The monoisotopic (exact) mass is 542 g/mol. The number of carbonyl (C=O) groups is 1. The van der Waals surface area contributed by atoms with E-state index >= 15 is 0 Å². The molecule has 0 unspecified atom stereocenters. The van der Waals surface area contributed by atoms with E-state index in [0.29, 0.717) is 42.4 Å². The summed E-state index contributed by atoms with van der Waals surface area (Å²) in [7, 11) is 3.09. The number of aromatic nitrogens is 2. The highest BCUT2D eigenvalue weighted by Gasteiger charge is 2.29. The maximum Gasteiger partial charge on any atom is 0.260 e. The number of benzene rings is 3. The molecule has 4 aromatic rings. The van der Waals surface area contributed by atoms with Crippen molar-refractivity contribution in [3.63, 3.8) is 0 Å². The van der Waals surface area contributed by atoms with Gasteiger partial charge in [0.1, 0.15) is 22.9 Å². The molecule has 0 bridgehead atoms. The topological polar surface area (TPSA) is 87.1 Å². The van der Waals surface area contributed by atoms with Gasteiger partial charge in [0.15, 0.2) is 13.6 Å². The highest BCUT2D eigenvalue weighted by atomic mass is 16.7. The first kappa shape index (κ1) is 27.2. The van der Waals surface area contributed by atoms with Gasteiger partial charge in [-0.25, -0.2) is 4.68 Å². The van der Waals surface area contributed by atoms with E-state index in [2.05, 4.69) is 48.6 Å². The van der Waals surface area contributed by atoms with Gasteiger partial charge in [-0.1, -0.05) is 54.1 Å². The van der Waals surface area contributed by atoms with Gasteiger partial charge in [0.25, 0.3) is 5.91 Å².